The van der Waals surface area contributed by atoms with Gasteiger partial charge in [0.2, 0.25) is 0 Å². The number of nitrogens with one attached hydrogen (secondary N) is 2. The molecule has 0 aliphatic heterocycles. The number of carbonyl (C=O) groups is 3. The van der Waals surface area contributed by atoms with Gasteiger partial charge in [-0.2, -0.15) is 5.10 Å². The molecule has 2 aromatic rings. The first-order chi connectivity index (χ1) is 14.4. The molecule has 0 radical (unpaired) electrons. The maximum absolute atomic E-state index is 12.5. The summed E-state index contributed by atoms with van der Waals surface area (Å²) in [5.74, 6) is -1.78. The minimum Gasteiger partial charge on any atom is -0.462 e. The lowest BCUT2D eigenvalue weighted by atomic mass is 9.88. The van der Waals surface area contributed by atoms with Crippen LogP contribution in [0.5, 0.6) is 0 Å². The second-order valence-corrected chi connectivity index (χ2v) is 9.01. The number of ether oxygens (including phenoxy) is 1. The summed E-state index contributed by atoms with van der Waals surface area (Å²) in [6, 6.07) is 7.32. The molecule has 1 aromatic carbocycles. The van der Waals surface area contributed by atoms with E-state index < -0.39 is 17.8 Å². The zero-order valence-electron chi connectivity index (χ0n) is 16.7. The molecule has 30 heavy (non-hydrogen) atoms. The minimum atomic E-state index is -0.921. The predicted octanol–water partition coefficient (Wildman–Crippen LogP) is 3.90. The number of hydrazone groups is 1. The van der Waals surface area contributed by atoms with E-state index in [9.17, 15) is 14.4 Å². The van der Waals surface area contributed by atoms with Gasteiger partial charge in [0, 0.05) is 9.35 Å². The summed E-state index contributed by atoms with van der Waals surface area (Å²) < 4.78 is 6.05. The van der Waals surface area contributed by atoms with Crippen molar-refractivity contribution >= 4 is 56.3 Å². The van der Waals surface area contributed by atoms with Crippen molar-refractivity contribution in [3.8, 4) is 0 Å². The van der Waals surface area contributed by atoms with Crippen LogP contribution in [0.1, 0.15) is 46.6 Å². The molecular weight excluding hydrogens is 470 g/mol. The number of anilines is 1. The Kier molecular flexibility index (Phi) is 7.38. The molecule has 9 heteroatoms. The molecule has 1 aromatic heterocycles. The fourth-order valence-electron chi connectivity index (χ4n) is 3.22. The van der Waals surface area contributed by atoms with Crippen LogP contribution >= 0.6 is 27.3 Å². The molecule has 1 aliphatic rings. The van der Waals surface area contributed by atoms with Crippen molar-refractivity contribution in [1.82, 2.24) is 5.43 Å². The summed E-state index contributed by atoms with van der Waals surface area (Å²) in [6.45, 7) is 4.12. The van der Waals surface area contributed by atoms with Crippen molar-refractivity contribution in [3.63, 3.8) is 0 Å². The lowest BCUT2D eigenvalue weighted by molar-refractivity contribution is -0.136. The summed E-state index contributed by atoms with van der Waals surface area (Å²) in [5.41, 5.74) is 4.24. The zero-order chi connectivity index (χ0) is 21.7. The summed E-state index contributed by atoms with van der Waals surface area (Å²) >= 11 is 4.68. The van der Waals surface area contributed by atoms with Gasteiger partial charge in [-0.15, -0.1) is 11.3 Å². The first-order valence-corrected chi connectivity index (χ1v) is 11.2. The Hall–Kier alpha value is -2.52. The minimum absolute atomic E-state index is 0.234. The van der Waals surface area contributed by atoms with Crippen molar-refractivity contribution in [1.29, 1.82) is 0 Å². The van der Waals surface area contributed by atoms with E-state index in [2.05, 4.69) is 38.7 Å². The molecule has 1 heterocycles. The first kappa shape index (κ1) is 22.2. The second kappa shape index (κ2) is 9.99. The van der Waals surface area contributed by atoms with Crippen LogP contribution in [0.4, 0.5) is 5.00 Å². The highest BCUT2D eigenvalue weighted by molar-refractivity contribution is 9.10. The molecule has 1 aliphatic carbocycles. The molecule has 2 N–H and O–H groups in total. The Morgan fingerprint density at radius 2 is 2.13 bits per heavy atom. The third-order valence-electron chi connectivity index (χ3n) is 4.65. The van der Waals surface area contributed by atoms with E-state index in [1.807, 2.05) is 24.3 Å². The Balaban J connectivity index is 1.72. The summed E-state index contributed by atoms with van der Waals surface area (Å²) in [7, 11) is 0. The number of hydrogen-bond donors (Lipinski definition) is 2. The monoisotopic (exact) mass is 491 g/mol. The predicted molar refractivity (Wildman–Crippen MR) is 120 cm³/mol. The fourth-order valence-corrected chi connectivity index (χ4v) is 5.03. The molecule has 7 nitrogen and oxygen atoms in total. The van der Waals surface area contributed by atoms with Gasteiger partial charge in [-0.3, -0.25) is 9.59 Å². The highest BCUT2D eigenvalue weighted by Gasteiger charge is 2.30. The van der Waals surface area contributed by atoms with Crippen LogP contribution in [0.2, 0.25) is 0 Å². The molecule has 0 bridgehead atoms. The molecule has 2 amide bonds. The van der Waals surface area contributed by atoms with Crippen LogP contribution in [0.15, 0.2) is 33.8 Å². The van der Waals surface area contributed by atoms with Crippen molar-refractivity contribution in [3.05, 3.63) is 50.3 Å². The van der Waals surface area contributed by atoms with E-state index in [4.69, 9.17) is 4.74 Å². The van der Waals surface area contributed by atoms with Gasteiger partial charge in [0.05, 0.1) is 18.4 Å². The number of esters is 1. The first-order valence-electron chi connectivity index (χ1n) is 9.60. The average Bonchev–Trinajstić information content (AvgIpc) is 3.04. The Labute approximate surface area is 187 Å². The third kappa shape index (κ3) is 5.34. The smallest absolute Gasteiger partial charge is 0.341 e. The number of carbonyl (C=O) groups excluding carboxylic acids is 3. The zero-order valence-corrected chi connectivity index (χ0v) is 19.1. The van der Waals surface area contributed by atoms with Gasteiger partial charge in [-0.25, -0.2) is 10.2 Å². The van der Waals surface area contributed by atoms with Gasteiger partial charge in [-0.05, 0) is 55.4 Å². The number of benzene rings is 1. The molecule has 158 valence electrons. The number of fused-ring (bicyclic) bond motifs is 1. The lowest BCUT2D eigenvalue weighted by Crippen LogP contribution is -2.32. The van der Waals surface area contributed by atoms with E-state index in [0.717, 1.165) is 39.7 Å². The number of rotatable bonds is 5. The largest absolute Gasteiger partial charge is 0.462 e. The number of thiophene rings is 1. The van der Waals surface area contributed by atoms with Gasteiger partial charge >= 0.3 is 17.8 Å². The number of amides is 2. The lowest BCUT2D eigenvalue weighted by Gasteiger charge is -2.18. The Morgan fingerprint density at radius 3 is 2.87 bits per heavy atom. The van der Waals surface area contributed by atoms with Gasteiger partial charge < -0.3 is 10.1 Å². The standard InChI is InChI=1S/C21H22BrN3O4S/c1-3-29-21(28)17-15-8-7-12(2)9-16(15)30-20(17)24-18(26)19(27)25-23-11-13-5-4-6-14(22)10-13/h4-6,10-12H,3,7-9H2,1-2H3,(H,24,26)(H,25,27)/b23-11-/t12-/m0/s1. The number of halogens is 1. The summed E-state index contributed by atoms with van der Waals surface area (Å²) in [6.07, 6.45) is 3.99. The quantitative estimate of drug-likeness (QED) is 0.286. The maximum Gasteiger partial charge on any atom is 0.341 e. The van der Waals surface area contributed by atoms with Gasteiger partial charge in [0.25, 0.3) is 0 Å². The topological polar surface area (TPSA) is 96.9 Å². The van der Waals surface area contributed by atoms with Crippen molar-refractivity contribution in [2.45, 2.75) is 33.1 Å². The van der Waals surface area contributed by atoms with Gasteiger partial charge in [-0.1, -0.05) is 35.0 Å². The van der Waals surface area contributed by atoms with Gasteiger partial charge in [0.1, 0.15) is 5.00 Å². The van der Waals surface area contributed by atoms with E-state index >= 15 is 0 Å². The number of nitrogens with zero attached hydrogens (tertiary/aromatic N) is 1. The van der Waals surface area contributed by atoms with Crippen LogP contribution in [0.25, 0.3) is 0 Å². The molecule has 0 saturated carbocycles. The van der Waals surface area contributed by atoms with E-state index in [0.29, 0.717) is 16.5 Å². The Bertz CT molecular complexity index is 1000. The third-order valence-corrected chi connectivity index (χ3v) is 6.32. The molecule has 3 rings (SSSR count). The molecule has 1 atom stereocenters. The van der Waals surface area contributed by atoms with Crippen molar-refractivity contribution in [2.24, 2.45) is 11.0 Å². The second-order valence-electron chi connectivity index (χ2n) is 6.98. The highest BCUT2D eigenvalue weighted by Crippen LogP contribution is 2.40. The van der Waals surface area contributed by atoms with E-state index in [1.165, 1.54) is 17.6 Å². The van der Waals surface area contributed by atoms with Crippen molar-refractivity contribution < 1.29 is 19.1 Å². The molecular formula is C21H22BrN3O4S. The van der Waals surface area contributed by atoms with Crippen LogP contribution in [-0.4, -0.2) is 30.6 Å². The van der Waals surface area contributed by atoms with E-state index in [1.54, 1.807) is 6.92 Å². The van der Waals surface area contributed by atoms with Gasteiger partial charge in [0.15, 0.2) is 0 Å². The van der Waals surface area contributed by atoms with Crippen molar-refractivity contribution in [2.75, 3.05) is 11.9 Å². The maximum atomic E-state index is 12.5. The highest BCUT2D eigenvalue weighted by atomic mass is 79.9. The Morgan fingerprint density at radius 1 is 1.33 bits per heavy atom. The van der Waals surface area contributed by atoms with Crippen LogP contribution in [0, 0.1) is 5.92 Å². The summed E-state index contributed by atoms with van der Waals surface area (Å²) in [5, 5.41) is 6.73. The number of hydrogen-bond acceptors (Lipinski definition) is 6. The molecule has 0 unspecified atom stereocenters. The average molecular weight is 492 g/mol. The molecule has 0 fully saturated rings. The van der Waals surface area contributed by atoms with Crippen LogP contribution in [0.3, 0.4) is 0 Å². The molecule has 0 saturated heterocycles. The van der Waals surface area contributed by atoms with Crippen LogP contribution < -0.4 is 10.7 Å². The SMILES string of the molecule is CCOC(=O)c1c(NC(=O)C(=O)N/N=C\c2cccc(Br)c2)sc2c1CC[C@H](C)C2. The van der Waals surface area contributed by atoms with Crippen LogP contribution in [-0.2, 0) is 27.2 Å². The fraction of sp³-hybridized carbons (Fsp3) is 0.333. The molecule has 0 spiro atoms. The summed E-state index contributed by atoms with van der Waals surface area (Å²) in [4.78, 5) is 38.1. The normalized spacial score (nSPS) is 15.5. The van der Waals surface area contributed by atoms with E-state index in [-0.39, 0.29) is 6.61 Å².